The second-order valence-electron chi connectivity index (χ2n) is 6.87. The van der Waals surface area contributed by atoms with Crippen molar-refractivity contribution in [3.63, 3.8) is 0 Å². The highest BCUT2D eigenvalue weighted by Crippen LogP contribution is 2.25. The molecule has 8 nitrogen and oxygen atoms in total. The van der Waals surface area contributed by atoms with Crippen LogP contribution in [0.25, 0.3) is 0 Å². The lowest BCUT2D eigenvalue weighted by atomic mass is 9.85. The van der Waals surface area contributed by atoms with E-state index >= 15 is 0 Å². The molecule has 1 fully saturated rings. The Balaban J connectivity index is 1.63. The SMILES string of the molecule is CCN(CC(=O)O)C1CC(NC(=O)NCC(C)Cn2ccnc2C)C1. The lowest BCUT2D eigenvalue weighted by molar-refractivity contribution is -0.139. The Labute approximate surface area is 148 Å². The van der Waals surface area contributed by atoms with Crippen LogP contribution in [0.1, 0.15) is 32.5 Å². The van der Waals surface area contributed by atoms with Gasteiger partial charge in [0.15, 0.2) is 0 Å². The molecule has 1 aliphatic carbocycles. The van der Waals surface area contributed by atoms with Crippen LogP contribution in [0.2, 0.25) is 0 Å². The molecule has 2 rings (SSSR count). The van der Waals surface area contributed by atoms with Gasteiger partial charge in [-0.15, -0.1) is 0 Å². The molecule has 1 aliphatic rings. The Hall–Kier alpha value is -2.09. The molecule has 8 heteroatoms. The number of carbonyl (C=O) groups is 2. The first kappa shape index (κ1) is 19.2. The molecule has 1 unspecified atom stereocenters. The van der Waals surface area contributed by atoms with Gasteiger partial charge >= 0.3 is 12.0 Å². The smallest absolute Gasteiger partial charge is 0.317 e. The number of urea groups is 1. The monoisotopic (exact) mass is 351 g/mol. The predicted molar refractivity (Wildman–Crippen MR) is 94.4 cm³/mol. The Morgan fingerprint density at radius 3 is 2.76 bits per heavy atom. The number of carboxylic acids is 1. The number of nitrogens with zero attached hydrogens (tertiary/aromatic N) is 3. The summed E-state index contributed by atoms with van der Waals surface area (Å²) in [7, 11) is 0. The van der Waals surface area contributed by atoms with Gasteiger partial charge in [-0.2, -0.15) is 0 Å². The Morgan fingerprint density at radius 2 is 2.20 bits per heavy atom. The first-order chi connectivity index (χ1) is 11.9. The van der Waals surface area contributed by atoms with Gasteiger partial charge in [-0.05, 0) is 32.2 Å². The molecular formula is C17H29N5O3. The van der Waals surface area contributed by atoms with Gasteiger partial charge in [0.25, 0.3) is 0 Å². The van der Waals surface area contributed by atoms with Gasteiger partial charge in [0.1, 0.15) is 5.82 Å². The second kappa shape index (κ2) is 8.84. The second-order valence-corrected chi connectivity index (χ2v) is 6.87. The largest absolute Gasteiger partial charge is 0.480 e. The molecule has 1 atom stereocenters. The number of nitrogens with one attached hydrogen (secondary N) is 2. The van der Waals surface area contributed by atoms with Crippen LogP contribution in [-0.4, -0.2) is 63.3 Å². The van der Waals surface area contributed by atoms with Crippen molar-refractivity contribution in [1.29, 1.82) is 0 Å². The summed E-state index contributed by atoms with van der Waals surface area (Å²) in [5, 5.41) is 14.8. The third-order valence-corrected chi connectivity index (χ3v) is 4.75. The molecular weight excluding hydrogens is 322 g/mol. The van der Waals surface area contributed by atoms with E-state index in [9.17, 15) is 9.59 Å². The van der Waals surface area contributed by atoms with E-state index < -0.39 is 5.97 Å². The van der Waals surface area contributed by atoms with E-state index in [1.165, 1.54) is 0 Å². The van der Waals surface area contributed by atoms with Crippen LogP contribution < -0.4 is 10.6 Å². The summed E-state index contributed by atoms with van der Waals surface area (Å²) in [5.41, 5.74) is 0. The van der Waals surface area contributed by atoms with Crippen LogP contribution in [-0.2, 0) is 11.3 Å². The lowest BCUT2D eigenvalue weighted by Crippen LogP contribution is -2.56. The quantitative estimate of drug-likeness (QED) is 0.618. The maximum absolute atomic E-state index is 12.0. The minimum absolute atomic E-state index is 0.0608. The molecule has 1 heterocycles. The van der Waals surface area contributed by atoms with E-state index in [2.05, 4.69) is 27.1 Å². The molecule has 0 aliphatic heterocycles. The molecule has 25 heavy (non-hydrogen) atoms. The normalized spacial score (nSPS) is 20.8. The number of aryl methyl sites for hydroxylation is 1. The molecule has 0 aromatic carbocycles. The standard InChI is InChI=1S/C17H29N5O3/c1-4-21(11-16(23)24)15-7-14(8-15)20-17(25)19-9-12(2)10-22-6-5-18-13(22)3/h5-6,12,14-15H,4,7-11H2,1-3H3,(H,23,24)(H2,19,20,25). The van der Waals surface area contributed by atoms with Crippen molar-refractivity contribution in [3.8, 4) is 0 Å². The summed E-state index contributed by atoms with van der Waals surface area (Å²) in [5.74, 6) is 0.468. The van der Waals surface area contributed by atoms with Gasteiger partial charge in [0.2, 0.25) is 0 Å². The average Bonchev–Trinajstić information content (AvgIpc) is 2.91. The van der Waals surface area contributed by atoms with Crippen LogP contribution >= 0.6 is 0 Å². The summed E-state index contributed by atoms with van der Waals surface area (Å²) in [4.78, 5) is 29.0. The zero-order valence-corrected chi connectivity index (χ0v) is 15.2. The van der Waals surface area contributed by atoms with E-state index in [1.54, 1.807) is 6.20 Å². The number of likely N-dealkylation sites (N-methyl/N-ethyl adjacent to an activating group) is 1. The molecule has 2 amide bonds. The fraction of sp³-hybridized carbons (Fsp3) is 0.706. The summed E-state index contributed by atoms with van der Waals surface area (Å²) in [6.07, 6.45) is 5.33. The third-order valence-electron chi connectivity index (χ3n) is 4.75. The zero-order chi connectivity index (χ0) is 18.4. The van der Waals surface area contributed by atoms with Crippen molar-refractivity contribution in [3.05, 3.63) is 18.2 Å². The van der Waals surface area contributed by atoms with Crippen molar-refractivity contribution in [2.24, 2.45) is 5.92 Å². The minimum atomic E-state index is -0.807. The highest BCUT2D eigenvalue weighted by atomic mass is 16.4. The minimum Gasteiger partial charge on any atom is -0.480 e. The van der Waals surface area contributed by atoms with Crippen molar-refractivity contribution < 1.29 is 14.7 Å². The number of carbonyl (C=O) groups excluding carboxylic acids is 1. The maximum atomic E-state index is 12.0. The van der Waals surface area contributed by atoms with E-state index in [0.717, 1.165) is 25.2 Å². The van der Waals surface area contributed by atoms with Crippen molar-refractivity contribution in [2.75, 3.05) is 19.6 Å². The molecule has 140 valence electrons. The highest BCUT2D eigenvalue weighted by Gasteiger charge is 2.34. The molecule has 1 saturated carbocycles. The third kappa shape index (κ3) is 5.74. The van der Waals surface area contributed by atoms with E-state index in [-0.39, 0.29) is 24.7 Å². The number of aliphatic carboxylic acids is 1. The number of rotatable bonds is 9. The first-order valence-corrected chi connectivity index (χ1v) is 8.87. The number of amides is 2. The van der Waals surface area contributed by atoms with Crippen LogP contribution in [0.5, 0.6) is 0 Å². The highest BCUT2D eigenvalue weighted by molar-refractivity contribution is 5.74. The number of aromatic nitrogens is 2. The Kier molecular flexibility index (Phi) is 6.81. The van der Waals surface area contributed by atoms with E-state index in [1.807, 2.05) is 24.9 Å². The molecule has 0 spiro atoms. The molecule has 0 saturated heterocycles. The molecule has 0 radical (unpaired) electrons. The molecule has 0 bridgehead atoms. The summed E-state index contributed by atoms with van der Waals surface area (Å²) < 4.78 is 2.07. The van der Waals surface area contributed by atoms with Gasteiger partial charge in [0.05, 0.1) is 6.54 Å². The van der Waals surface area contributed by atoms with Crippen LogP contribution in [0.4, 0.5) is 4.79 Å². The fourth-order valence-corrected chi connectivity index (χ4v) is 3.18. The van der Waals surface area contributed by atoms with Gasteiger partial charge < -0.3 is 20.3 Å². The average molecular weight is 351 g/mol. The van der Waals surface area contributed by atoms with Crippen LogP contribution in [0.15, 0.2) is 12.4 Å². The van der Waals surface area contributed by atoms with E-state index in [0.29, 0.717) is 19.0 Å². The Morgan fingerprint density at radius 1 is 1.48 bits per heavy atom. The maximum Gasteiger partial charge on any atom is 0.317 e. The molecule has 1 aromatic heterocycles. The Bertz CT molecular complexity index is 583. The van der Waals surface area contributed by atoms with Crippen LogP contribution in [0.3, 0.4) is 0 Å². The lowest BCUT2D eigenvalue weighted by Gasteiger charge is -2.42. The van der Waals surface area contributed by atoms with Gasteiger partial charge in [0, 0.05) is 37.6 Å². The van der Waals surface area contributed by atoms with Crippen molar-refractivity contribution >= 4 is 12.0 Å². The van der Waals surface area contributed by atoms with Gasteiger partial charge in [-0.3, -0.25) is 9.69 Å². The molecule has 1 aromatic rings. The van der Waals surface area contributed by atoms with Crippen molar-refractivity contribution in [1.82, 2.24) is 25.1 Å². The zero-order valence-electron chi connectivity index (χ0n) is 15.2. The number of hydrogen-bond donors (Lipinski definition) is 3. The topological polar surface area (TPSA) is 99.5 Å². The number of carboxylic acid groups (broad SMARTS) is 1. The summed E-state index contributed by atoms with van der Waals surface area (Å²) in [6.45, 7) is 8.19. The van der Waals surface area contributed by atoms with E-state index in [4.69, 9.17) is 5.11 Å². The summed E-state index contributed by atoms with van der Waals surface area (Å²) in [6, 6.07) is 0.215. The van der Waals surface area contributed by atoms with Gasteiger partial charge in [-0.1, -0.05) is 13.8 Å². The predicted octanol–water partition coefficient (Wildman–Crippen LogP) is 1.06. The van der Waals surface area contributed by atoms with Gasteiger partial charge in [-0.25, -0.2) is 9.78 Å². The van der Waals surface area contributed by atoms with Crippen molar-refractivity contribution in [2.45, 2.75) is 52.2 Å². The molecule has 3 N–H and O–H groups in total. The number of imidazole rings is 1. The summed E-state index contributed by atoms with van der Waals surface area (Å²) >= 11 is 0. The first-order valence-electron chi connectivity index (χ1n) is 8.87. The van der Waals surface area contributed by atoms with Crippen LogP contribution in [0, 0.1) is 12.8 Å². The fourth-order valence-electron chi connectivity index (χ4n) is 3.18. The number of hydrogen-bond acceptors (Lipinski definition) is 4.